The summed E-state index contributed by atoms with van der Waals surface area (Å²) in [6.45, 7) is 18.8. The average Bonchev–Trinajstić information content (AvgIpc) is 3.07. The summed E-state index contributed by atoms with van der Waals surface area (Å²) in [7, 11) is 3.44. The summed E-state index contributed by atoms with van der Waals surface area (Å²) in [6, 6.07) is 12.7. The third kappa shape index (κ3) is 5.46. The van der Waals surface area contributed by atoms with Crippen LogP contribution in [0.1, 0.15) is 64.2 Å². The smallest absolute Gasteiger partial charge is 0.119 e. The molecule has 3 rings (SSSR count). The first kappa shape index (κ1) is 27.4. The summed E-state index contributed by atoms with van der Waals surface area (Å²) in [4.78, 5) is 2.47. The van der Waals surface area contributed by atoms with E-state index in [-0.39, 0.29) is 10.8 Å². The third-order valence-corrected chi connectivity index (χ3v) is 7.53. The van der Waals surface area contributed by atoms with Gasteiger partial charge in [-0.05, 0) is 72.0 Å². The molecule has 0 N–H and O–H groups in total. The zero-order valence-corrected chi connectivity index (χ0v) is 23.4. The van der Waals surface area contributed by atoms with Crippen molar-refractivity contribution < 1.29 is 9.47 Å². The number of aryl methyl sites for hydroxylation is 1. The van der Waals surface area contributed by atoms with Crippen molar-refractivity contribution in [3.05, 3.63) is 101 Å². The highest BCUT2D eigenvalue weighted by molar-refractivity contribution is 5.72. The molecule has 0 spiro atoms. The third-order valence-electron chi connectivity index (χ3n) is 7.53. The van der Waals surface area contributed by atoms with Crippen molar-refractivity contribution in [2.45, 2.75) is 65.2 Å². The number of allylic oxidation sites excluding steroid dienone is 7. The Kier molecular flexibility index (Phi) is 8.55. The standard InChI is InChI=1S/C33H43NO2/c1-10-11-21-34-30-20-19-27(36-9)23-29(30)33(6,7)31(34)16-14-12-13-15-25(3)32(4,5)28-22-26(35-8)18-17-24(28)2/h12-20,22-23H,3,10-11,21H2,1-2,4-9H3/b14-12+,15-13+,31-16+. The fraction of sp³-hybridized carbons (Fsp3) is 0.394. The van der Waals surface area contributed by atoms with Gasteiger partial charge in [-0.25, -0.2) is 0 Å². The Morgan fingerprint density at radius 3 is 2.33 bits per heavy atom. The number of fused-ring (bicyclic) bond motifs is 1. The SMILES string of the molecule is C=C(/C=C/C=C/C=C1/N(CCCC)c2ccc(OC)cc2C1(C)C)C(C)(C)c1cc(OC)ccc1C. The molecule has 0 radical (unpaired) electrons. The van der Waals surface area contributed by atoms with E-state index in [1.807, 2.05) is 6.07 Å². The largest absolute Gasteiger partial charge is 0.497 e. The molecule has 0 unspecified atom stereocenters. The van der Waals surface area contributed by atoms with Crippen molar-refractivity contribution in [2.24, 2.45) is 0 Å². The van der Waals surface area contributed by atoms with Gasteiger partial charge in [-0.15, -0.1) is 0 Å². The topological polar surface area (TPSA) is 21.7 Å². The van der Waals surface area contributed by atoms with Crippen molar-refractivity contribution in [3.8, 4) is 11.5 Å². The molecule has 1 aliphatic heterocycles. The first-order valence-electron chi connectivity index (χ1n) is 12.9. The van der Waals surface area contributed by atoms with E-state index in [0.717, 1.165) is 30.0 Å². The number of nitrogens with zero attached hydrogens (tertiary/aromatic N) is 1. The summed E-state index contributed by atoms with van der Waals surface area (Å²) in [5.74, 6) is 1.78. The summed E-state index contributed by atoms with van der Waals surface area (Å²) in [5, 5.41) is 0. The molecule has 3 heteroatoms. The Labute approximate surface area is 218 Å². The van der Waals surface area contributed by atoms with Gasteiger partial charge in [0.2, 0.25) is 0 Å². The lowest BCUT2D eigenvalue weighted by atomic mass is 9.76. The van der Waals surface area contributed by atoms with E-state index in [0.29, 0.717) is 0 Å². The minimum Gasteiger partial charge on any atom is -0.497 e. The van der Waals surface area contributed by atoms with Gasteiger partial charge in [-0.3, -0.25) is 0 Å². The number of rotatable bonds is 10. The van der Waals surface area contributed by atoms with Crippen LogP contribution in [0.2, 0.25) is 0 Å². The molecular formula is C33H43NO2. The Bertz CT molecular complexity index is 1180. The van der Waals surface area contributed by atoms with E-state index < -0.39 is 0 Å². The molecule has 0 amide bonds. The number of hydrogen-bond donors (Lipinski definition) is 0. The molecule has 0 aliphatic carbocycles. The van der Waals surface area contributed by atoms with Gasteiger partial charge in [0.05, 0.1) is 14.2 Å². The normalized spacial score (nSPS) is 16.2. The highest BCUT2D eigenvalue weighted by Gasteiger charge is 2.39. The molecule has 1 heterocycles. The van der Waals surface area contributed by atoms with Crippen LogP contribution in [-0.4, -0.2) is 20.8 Å². The Morgan fingerprint density at radius 1 is 1.00 bits per heavy atom. The van der Waals surface area contributed by atoms with Crippen LogP contribution in [0.15, 0.2) is 84.6 Å². The fourth-order valence-corrected chi connectivity index (χ4v) is 5.00. The van der Waals surface area contributed by atoms with E-state index in [2.05, 4.69) is 114 Å². The maximum absolute atomic E-state index is 5.52. The average molecular weight is 486 g/mol. The molecular weight excluding hydrogens is 442 g/mol. The van der Waals surface area contributed by atoms with E-state index in [9.17, 15) is 0 Å². The predicted molar refractivity (Wildman–Crippen MR) is 155 cm³/mol. The number of unbranched alkanes of at least 4 members (excludes halogenated alkanes) is 1. The summed E-state index contributed by atoms with van der Waals surface area (Å²) >= 11 is 0. The van der Waals surface area contributed by atoms with Crippen LogP contribution in [0.3, 0.4) is 0 Å². The second kappa shape index (κ2) is 11.2. The Balaban J connectivity index is 1.83. The molecule has 36 heavy (non-hydrogen) atoms. The number of benzene rings is 2. The fourth-order valence-electron chi connectivity index (χ4n) is 5.00. The quantitative estimate of drug-likeness (QED) is 0.315. The molecule has 0 saturated heterocycles. The highest BCUT2D eigenvalue weighted by Crippen LogP contribution is 2.49. The van der Waals surface area contributed by atoms with E-state index >= 15 is 0 Å². The molecule has 2 aromatic rings. The van der Waals surface area contributed by atoms with Crippen molar-refractivity contribution in [1.29, 1.82) is 0 Å². The van der Waals surface area contributed by atoms with Crippen molar-refractivity contribution >= 4 is 5.69 Å². The van der Waals surface area contributed by atoms with Gasteiger partial charge >= 0.3 is 0 Å². The van der Waals surface area contributed by atoms with Gasteiger partial charge in [0.15, 0.2) is 0 Å². The van der Waals surface area contributed by atoms with Crippen molar-refractivity contribution in [2.75, 3.05) is 25.7 Å². The molecule has 0 saturated carbocycles. The Hall–Kier alpha value is -3.20. The predicted octanol–water partition coefficient (Wildman–Crippen LogP) is 8.44. The maximum atomic E-state index is 5.52. The number of methoxy groups -OCH3 is 2. The maximum Gasteiger partial charge on any atom is 0.119 e. The van der Waals surface area contributed by atoms with Gasteiger partial charge in [-0.2, -0.15) is 0 Å². The van der Waals surface area contributed by atoms with Crippen molar-refractivity contribution in [1.82, 2.24) is 0 Å². The van der Waals surface area contributed by atoms with Crippen molar-refractivity contribution in [3.63, 3.8) is 0 Å². The van der Waals surface area contributed by atoms with Crippen LogP contribution in [0, 0.1) is 6.92 Å². The van der Waals surface area contributed by atoms with Gasteiger partial charge in [0.1, 0.15) is 11.5 Å². The van der Waals surface area contributed by atoms with Gasteiger partial charge in [0.25, 0.3) is 0 Å². The van der Waals surface area contributed by atoms with Gasteiger partial charge in [0, 0.05) is 28.8 Å². The molecule has 192 valence electrons. The van der Waals surface area contributed by atoms with E-state index in [1.165, 1.54) is 34.5 Å². The van der Waals surface area contributed by atoms with Crippen LogP contribution < -0.4 is 14.4 Å². The zero-order chi connectivity index (χ0) is 26.5. The first-order chi connectivity index (χ1) is 17.1. The number of hydrogen-bond acceptors (Lipinski definition) is 3. The highest BCUT2D eigenvalue weighted by atomic mass is 16.5. The lowest BCUT2D eigenvalue weighted by molar-refractivity contribution is 0.413. The molecule has 0 aromatic heterocycles. The first-order valence-corrected chi connectivity index (χ1v) is 12.9. The van der Waals surface area contributed by atoms with Crippen LogP contribution >= 0.6 is 0 Å². The number of anilines is 1. The second-order valence-corrected chi connectivity index (χ2v) is 10.6. The lowest BCUT2D eigenvalue weighted by Crippen LogP contribution is -2.26. The molecule has 2 aromatic carbocycles. The van der Waals surface area contributed by atoms with Gasteiger partial charge in [-0.1, -0.05) is 78.0 Å². The van der Waals surface area contributed by atoms with Crippen LogP contribution in [-0.2, 0) is 10.8 Å². The zero-order valence-electron chi connectivity index (χ0n) is 23.4. The van der Waals surface area contributed by atoms with Crippen LogP contribution in [0.4, 0.5) is 5.69 Å². The van der Waals surface area contributed by atoms with Crippen LogP contribution in [0.5, 0.6) is 11.5 Å². The number of ether oxygens (including phenoxy) is 2. The lowest BCUT2D eigenvalue weighted by Gasteiger charge is -2.28. The minimum absolute atomic E-state index is 0.0961. The molecule has 0 atom stereocenters. The monoisotopic (exact) mass is 485 g/mol. The Morgan fingerprint density at radius 2 is 1.67 bits per heavy atom. The second-order valence-electron chi connectivity index (χ2n) is 10.6. The molecule has 0 fully saturated rings. The summed E-state index contributed by atoms with van der Waals surface area (Å²) in [5.41, 5.74) is 7.15. The summed E-state index contributed by atoms with van der Waals surface area (Å²) in [6.07, 6.45) is 13.0. The molecule has 0 bridgehead atoms. The summed E-state index contributed by atoms with van der Waals surface area (Å²) < 4.78 is 11.0. The molecule has 3 nitrogen and oxygen atoms in total. The van der Waals surface area contributed by atoms with E-state index in [1.54, 1.807) is 14.2 Å². The van der Waals surface area contributed by atoms with E-state index in [4.69, 9.17) is 9.47 Å². The van der Waals surface area contributed by atoms with Crippen LogP contribution in [0.25, 0.3) is 0 Å². The van der Waals surface area contributed by atoms with Gasteiger partial charge < -0.3 is 14.4 Å². The molecule has 1 aliphatic rings. The minimum atomic E-state index is -0.202.